The lowest BCUT2D eigenvalue weighted by Crippen LogP contribution is -2.28. The van der Waals surface area contributed by atoms with E-state index in [1.807, 2.05) is 77.6 Å². The zero-order valence-electron chi connectivity index (χ0n) is 16.9. The highest BCUT2D eigenvalue weighted by atomic mass is 32.2. The summed E-state index contributed by atoms with van der Waals surface area (Å²) in [5.41, 5.74) is 4.08. The number of anilines is 1. The Hall–Kier alpha value is -3.58. The maximum absolute atomic E-state index is 12.4. The largest absolute Gasteiger partial charge is 0.334 e. The number of urea groups is 1. The molecule has 7 heteroatoms. The number of carbonyl (C=O) groups is 1. The molecule has 4 aromatic rings. The van der Waals surface area contributed by atoms with Crippen LogP contribution in [0.3, 0.4) is 0 Å². The second-order valence-electron chi connectivity index (χ2n) is 6.94. The highest BCUT2D eigenvalue weighted by Gasteiger charge is 2.07. The molecule has 2 heterocycles. The van der Waals surface area contributed by atoms with Crippen molar-refractivity contribution in [2.24, 2.45) is 0 Å². The van der Waals surface area contributed by atoms with Gasteiger partial charge < -0.3 is 10.6 Å². The third-order valence-electron chi connectivity index (χ3n) is 4.66. The van der Waals surface area contributed by atoms with E-state index in [1.165, 1.54) is 0 Å². The van der Waals surface area contributed by atoms with Crippen LogP contribution in [-0.4, -0.2) is 20.8 Å². The Morgan fingerprint density at radius 1 is 0.935 bits per heavy atom. The Bertz CT molecular complexity index is 1120. The number of thioether (sulfide) groups is 1. The molecule has 0 aliphatic heterocycles. The van der Waals surface area contributed by atoms with E-state index < -0.39 is 0 Å². The van der Waals surface area contributed by atoms with Gasteiger partial charge in [-0.3, -0.25) is 4.68 Å². The number of hydrogen-bond donors (Lipinski definition) is 2. The summed E-state index contributed by atoms with van der Waals surface area (Å²) in [4.78, 5) is 16.8. The second kappa shape index (κ2) is 10.4. The number of carbonyl (C=O) groups excluding carboxylic acids is 1. The Morgan fingerprint density at radius 2 is 1.81 bits per heavy atom. The zero-order valence-corrected chi connectivity index (χ0v) is 17.8. The minimum Gasteiger partial charge on any atom is -0.334 e. The van der Waals surface area contributed by atoms with Crippen molar-refractivity contribution in [3.8, 4) is 0 Å². The van der Waals surface area contributed by atoms with Crippen molar-refractivity contribution in [2.75, 3.05) is 5.32 Å². The van der Waals surface area contributed by atoms with Crippen molar-refractivity contribution in [2.45, 2.75) is 23.9 Å². The van der Waals surface area contributed by atoms with Gasteiger partial charge in [-0.15, -0.1) is 11.8 Å². The van der Waals surface area contributed by atoms with Gasteiger partial charge in [-0.25, -0.2) is 9.78 Å². The van der Waals surface area contributed by atoms with Gasteiger partial charge in [0.05, 0.1) is 11.6 Å². The van der Waals surface area contributed by atoms with Gasteiger partial charge in [0.25, 0.3) is 0 Å². The maximum Gasteiger partial charge on any atom is 0.319 e. The summed E-state index contributed by atoms with van der Waals surface area (Å²) < 4.78 is 1.87. The van der Waals surface area contributed by atoms with Crippen LogP contribution in [0, 0.1) is 0 Å². The van der Waals surface area contributed by atoms with Gasteiger partial charge in [-0.05, 0) is 47.0 Å². The molecule has 0 atom stereocenters. The van der Waals surface area contributed by atoms with Crippen LogP contribution in [0.5, 0.6) is 0 Å². The fourth-order valence-corrected chi connectivity index (χ4v) is 3.94. The summed E-state index contributed by atoms with van der Waals surface area (Å²) in [5.74, 6) is 0.787. The number of pyridine rings is 1. The highest BCUT2D eigenvalue weighted by molar-refractivity contribution is 7.98. The van der Waals surface area contributed by atoms with Gasteiger partial charge in [0.2, 0.25) is 0 Å². The SMILES string of the molecule is O=C(NCc1ccccc1Cn1cccn1)Nc1cccc(CSc2ccccn2)c1. The Labute approximate surface area is 185 Å². The number of nitrogens with one attached hydrogen (secondary N) is 2. The van der Waals surface area contributed by atoms with Crippen LogP contribution < -0.4 is 10.6 Å². The second-order valence-corrected chi connectivity index (χ2v) is 7.93. The van der Waals surface area contributed by atoms with E-state index in [0.29, 0.717) is 13.1 Å². The lowest BCUT2D eigenvalue weighted by atomic mass is 10.1. The van der Waals surface area contributed by atoms with Gasteiger partial charge >= 0.3 is 6.03 Å². The van der Waals surface area contributed by atoms with Gasteiger partial charge in [0, 0.05) is 36.6 Å². The molecular formula is C24H23N5OS. The van der Waals surface area contributed by atoms with Crippen LogP contribution in [-0.2, 0) is 18.8 Å². The summed E-state index contributed by atoms with van der Waals surface area (Å²) >= 11 is 1.67. The summed E-state index contributed by atoms with van der Waals surface area (Å²) in [6.45, 7) is 1.11. The number of rotatable bonds is 8. The molecule has 2 N–H and O–H groups in total. The summed E-state index contributed by atoms with van der Waals surface area (Å²) in [6.07, 6.45) is 5.48. The number of aromatic nitrogens is 3. The minimum absolute atomic E-state index is 0.233. The first-order valence-electron chi connectivity index (χ1n) is 9.98. The molecule has 2 amide bonds. The number of benzene rings is 2. The third-order valence-corrected chi connectivity index (χ3v) is 5.67. The van der Waals surface area contributed by atoms with Gasteiger partial charge in [-0.1, -0.05) is 42.5 Å². The number of amides is 2. The quantitative estimate of drug-likeness (QED) is 0.389. The van der Waals surface area contributed by atoms with Crippen molar-refractivity contribution >= 4 is 23.5 Å². The average Bonchev–Trinajstić information content (AvgIpc) is 3.31. The fourth-order valence-electron chi connectivity index (χ4n) is 3.13. The third kappa shape index (κ3) is 6.20. The molecule has 0 aliphatic rings. The van der Waals surface area contributed by atoms with Crippen LogP contribution in [0.15, 0.2) is 96.4 Å². The molecule has 0 radical (unpaired) electrons. The first-order valence-corrected chi connectivity index (χ1v) is 11.0. The van der Waals surface area contributed by atoms with Crippen molar-refractivity contribution < 1.29 is 4.79 Å². The van der Waals surface area contributed by atoms with E-state index in [-0.39, 0.29) is 6.03 Å². The number of hydrogen-bond acceptors (Lipinski definition) is 4. The molecule has 156 valence electrons. The van der Waals surface area contributed by atoms with Crippen LogP contribution in [0.2, 0.25) is 0 Å². The van der Waals surface area contributed by atoms with E-state index in [4.69, 9.17) is 0 Å². The maximum atomic E-state index is 12.4. The van der Waals surface area contributed by atoms with Gasteiger partial charge in [-0.2, -0.15) is 5.10 Å². The predicted molar refractivity (Wildman–Crippen MR) is 124 cm³/mol. The first kappa shape index (κ1) is 20.7. The monoisotopic (exact) mass is 429 g/mol. The molecule has 0 saturated heterocycles. The normalized spacial score (nSPS) is 10.6. The molecule has 0 bridgehead atoms. The standard InChI is InChI=1S/C24H23N5OS/c30-24(26-16-20-8-1-2-9-21(20)17-29-14-6-13-27-29)28-22-10-5-7-19(15-22)18-31-23-11-3-4-12-25-23/h1-15H,16-18H2,(H2,26,28,30). The van der Waals surface area contributed by atoms with E-state index in [2.05, 4.69) is 26.8 Å². The molecule has 6 nitrogen and oxygen atoms in total. The molecule has 4 rings (SSSR count). The summed E-state index contributed by atoms with van der Waals surface area (Å²) in [5, 5.41) is 11.1. The Balaban J connectivity index is 1.31. The van der Waals surface area contributed by atoms with Crippen molar-refractivity contribution in [1.29, 1.82) is 0 Å². The molecule has 2 aromatic carbocycles. The van der Waals surface area contributed by atoms with E-state index >= 15 is 0 Å². The molecule has 31 heavy (non-hydrogen) atoms. The van der Waals surface area contributed by atoms with Crippen LogP contribution >= 0.6 is 11.8 Å². The van der Waals surface area contributed by atoms with Crippen molar-refractivity contribution in [3.63, 3.8) is 0 Å². The fraction of sp³-hybridized carbons (Fsp3) is 0.125. The predicted octanol–water partition coefficient (Wildman–Crippen LogP) is 4.94. The summed E-state index contributed by atoms with van der Waals surface area (Å²) in [6, 6.07) is 23.5. The molecule has 0 fully saturated rings. The lowest BCUT2D eigenvalue weighted by Gasteiger charge is -2.12. The number of nitrogens with zero attached hydrogens (tertiary/aromatic N) is 3. The van der Waals surface area contributed by atoms with Crippen LogP contribution in [0.1, 0.15) is 16.7 Å². The molecular weight excluding hydrogens is 406 g/mol. The zero-order chi connectivity index (χ0) is 21.3. The molecule has 0 saturated carbocycles. The molecule has 0 unspecified atom stereocenters. The lowest BCUT2D eigenvalue weighted by molar-refractivity contribution is 0.251. The molecule has 0 spiro atoms. The van der Waals surface area contributed by atoms with E-state index in [1.54, 1.807) is 24.2 Å². The molecule has 0 aliphatic carbocycles. The minimum atomic E-state index is -0.233. The smallest absolute Gasteiger partial charge is 0.319 e. The van der Waals surface area contributed by atoms with Crippen molar-refractivity contribution in [3.05, 3.63) is 108 Å². The first-order chi connectivity index (χ1) is 15.3. The van der Waals surface area contributed by atoms with Crippen molar-refractivity contribution in [1.82, 2.24) is 20.1 Å². The Kier molecular flexibility index (Phi) is 6.97. The van der Waals surface area contributed by atoms with Crippen LogP contribution in [0.25, 0.3) is 0 Å². The van der Waals surface area contributed by atoms with Gasteiger partial charge in [0.1, 0.15) is 0 Å². The topological polar surface area (TPSA) is 71.8 Å². The van der Waals surface area contributed by atoms with E-state index in [9.17, 15) is 4.79 Å². The summed E-state index contributed by atoms with van der Waals surface area (Å²) in [7, 11) is 0. The Morgan fingerprint density at radius 3 is 2.61 bits per heavy atom. The molecule has 2 aromatic heterocycles. The van der Waals surface area contributed by atoms with Gasteiger partial charge in [0.15, 0.2) is 0 Å². The average molecular weight is 430 g/mol. The highest BCUT2D eigenvalue weighted by Crippen LogP contribution is 2.22. The van der Waals surface area contributed by atoms with E-state index in [0.717, 1.165) is 33.2 Å². The van der Waals surface area contributed by atoms with Crippen LogP contribution in [0.4, 0.5) is 10.5 Å².